The van der Waals surface area contributed by atoms with E-state index in [9.17, 15) is 4.79 Å². The SMILES string of the molecule is CC(C)N1CN(C)C2(CCN(C(=O)N(C)C(C)C)CC2)C1. The highest BCUT2D eigenvalue weighted by atomic mass is 16.2. The maximum absolute atomic E-state index is 12.4. The van der Waals surface area contributed by atoms with E-state index in [1.54, 1.807) is 0 Å². The minimum Gasteiger partial charge on any atom is -0.325 e. The number of amides is 2. The van der Waals surface area contributed by atoms with E-state index in [-0.39, 0.29) is 17.6 Å². The molecule has 2 aliphatic heterocycles. The smallest absolute Gasteiger partial charge is 0.319 e. The van der Waals surface area contributed by atoms with Crippen LogP contribution in [0, 0.1) is 0 Å². The largest absolute Gasteiger partial charge is 0.325 e. The molecule has 1 spiro atoms. The second-order valence-electron chi connectivity index (χ2n) is 7.38. The first-order chi connectivity index (χ1) is 9.77. The molecule has 2 rings (SSSR count). The van der Waals surface area contributed by atoms with Gasteiger partial charge >= 0.3 is 6.03 Å². The van der Waals surface area contributed by atoms with Crippen molar-refractivity contribution in [2.24, 2.45) is 0 Å². The van der Waals surface area contributed by atoms with E-state index in [4.69, 9.17) is 0 Å². The molecule has 0 radical (unpaired) electrons. The molecule has 0 aliphatic carbocycles. The lowest BCUT2D eigenvalue weighted by Crippen LogP contribution is -2.56. The van der Waals surface area contributed by atoms with Crippen molar-refractivity contribution in [3.63, 3.8) is 0 Å². The Bertz CT molecular complexity index is 374. The van der Waals surface area contributed by atoms with Crippen molar-refractivity contribution in [2.75, 3.05) is 40.4 Å². The van der Waals surface area contributed by atoms with Crippen molar-refractivity contribution in [1.82, 2.24) is 19.6 Å². The highest BCUT2D eigenvalue weighted by molar-refractivity contribution is 5.74. The van der Waals surface area contributed by atoms with Gasteiger partial charge < -0.3 is 9.80 Å². The molecule has 0 N–H and O–H groups in total. The molecule has 2 fully saturated rings. The Morgan fingerprint density at radius 1 is 1.14 bits per heavy atom. The molecular formula is C16H32N4O. The average Bonchev–Trinajstić information content (AvgIpc) is 2.75. The predicted octanol–water partition coefficient (Wildman–Crippen LogP) is 1.89. The van der Waals surface area contributed by atoms with Crippen LogP contribution in [0.4, 0.5) is 4.79 Å². The average molecular weight is 296 g/mol. The molecule has 0 bridgehead atoms. The molecule has 2 saturated heterocycles. The fraction of sp³-hybridized carbons (Fsp3) is 0.938. The van der Waals surface area contributed by atoms with Crippen molar-refractivity contribution in [3.8, 4) is 0 Å². The van der Waals surface area contributed by atoms with E-state index in [2.05, 4.69) is 44.5 Å². The van der Waals surface area contributed by atoms with E-state index in [0.717, 1.165) is 39.1 Å². The van der Waals surface area contributed by atoms with E-state index in [1.165, 1.54) is 0 Å². The van der Waals surface area contributed by atoms with Crippen LogP contribution in [0.5, 0.6) is 0 Å². The highest BCUT2D eigenvalue weighted by Gasteiger charge is 2.45. The molecule has 5 nitrogen and oxygen atoms in total. The van der Waals surface area contributed by atoms with Crippen molar-refractivity contribution in [3.05, 3.63) is 0 Å². The molecule has 122 valence electrons. The lowest BCUT2D eigenvalue weighted by molar-refractivity contribution is 0.0780. The standard InChI is InChI=1S/C16H32N4O/c1-13(2)18(6)15(21)19-9-7-16(8-10-19)11-20(14(3)4)12-17(16)5/h13-14H,7-12H2,1-6H3. The predicted molar refractivity (Wildman–Crippen MR) is 86.3 cm³/mol. The molecule has 0 atom stereocenters. The van der Waals surface area contributed by atoms with Crippen LogP contribution in [0.15, 0.2) is 0 Å². The second-order valence-corrected chi connectivity index (χ2v) is 7.38. The fourth-order valence-corrected chi connectivity index (χ4v) is 3.42. The maximum atomic E-state index is 12.4. The number of nitrogens with zero attached hydrogens (tertiary/aromatic N) is 4. The quantitative estimate of drug-likeness (QED) is 0.779. The lowest BCUT2D eigenvalue weighted by atomic mass is 9.87. The van der Waals surface area contributed by atoms with Gasteiger partial charge in [0, 0.05) is 44.3 Å². The third kappa shape index (κ3) is 3.19. The molecule has 0 aromatic carbocycles. The zero-order chi connectivity index (χ0) is 15.8. The summed E-state index contributed by atoms with van der Waals surface area (Å²) in [7, 11) is 4.14. The molecule has 0 aromatic heterocycles. The van der Waals surface area contributed by atoms with Crippen LogP contribution in [0.25, 0.3) is 0 Å². The van der Waals surface area contributed by atoms with Crippen LogP contribution in [-0.4, -0.2) is 83.7 Å². The molecular weight excluding hydrogens is 264 g/mol. The number of piperidine rings is 1. The van der Waals surface area contributed by atoms with Gasteiger partial charge in [0.05, 0.1) is 6.67 Å². The summed E-state index contributed by atoms with van der Waals surface area (Å²) in [6.07, 6.45) is 2.18. The van der Waals surface area contributed by atoms with Gasteiger partial charge in [0.15, 0.2) is 0 Å². The highest BCUT2D eigenvalue weighted by Crippen LogP contribution is 2.34. The number of rotatable bonds is 2. The van der Waals surface area contributed by atoms with Crippen LogP contribution in [0.3, 0.4) is 0 Å². The van der Waals surface area contributed by atoms with Gasteiger partial charge in [-0.25, -0.2) is 4.79 Å². The molecule has 21 heavy (non-hydrogen) atoms. The number of likely N-dealkylation sites (tertiary alicyclic amines) is 1. The van der Waals surface area contributed by atoms with Gasteiger partial charge in [-0.15, -0.1) is 0 Å². The summed E-state index contributed by atoms with van der Waals surface area (Å²) in [5, 5.41) is 0. The zero-order valence-electron chi connectivity index (χ0n) is 14.6. The topological polar surface area (TPSA) is 30.0 Å². The summed E-state index contributed by atoms with van der Waals surface area (Å²) < 4.78 is 0. The molecule has 0 aromatic rings. The van der Waals surface area contributed by atoms with E-state index in [0.29, 0.717) is 6.04 Å². The summed E-state index contributed by atoms with van der Waals surface area (Å²) in [5.74, 6) is 0. The summed E-state index contributed by atoms with van der Waals surface area (Å²) in [6, 6.07) is 1.04. The van der Waals surface area contributed by atoms with Crippen LogP contribution in [0.1, 0.15) is 40.5 Å². The molecule has 2 aliphatic rings. The Hall–Kier alpha value is -0.810. The monoisotopic (exact) mass is 296 g/mol. The van der Waals surface area contributed by atoms with E-state index < -0.39 is 0 Å². The Morgan fingerprint density at radius 2 is 1.71 bits per heavy atom. The molecule has 0 unspecified atom stereocenters. The molecule has 5 heteroatoms. The minimum absolute atomic E-state index is 0.182. The van der Waals surface area contributed by atoms with Crippen LogP contribution in [0.2, 0.25) is 0 Å². The first-order valence-electron chi connectivity index (χ1n) is 8.24. The molecule has 0 saturated carbocycles. The zero-order valence-corrected chi connectivity index (χ0v) is 14.6. The summed E-state index contributed by atoms with van der Waals surface area (Å²) in [4.78, 5) is 21.3. The molecule has 2 amide bonds. The Morgan fingerprint density at radius 3 is 2.14 bits per heavy atom. The van der Waals surface area contributed by atoms with Gasteiger partial charge in [-0.05, 0) is 47.6 Å². The number of carbonyl (C=O) groups is 1. The lowest BCUT2D eigenvalue weighted by Gasteiger charge is -2.44. The fourth-order valence-electron chi connectivity index (χ4n) is 3.42. The van der Waals surface area contributed by atoms with Crippen molar-refractivity contribution in [1.29, 1.82) is 0 Å². The second kappa shape index (κ2) is 6.13. The number of urea groups is 1. The normalized spacial score (nSPS) is 23.5. The van der Waals surface area contributed by atoms with Crippen LogP contribution in [-0.2, 0) is 0 Å². The first-order valence-corrected chi connectivity index (χ1v) is 8.24. The van der Waals surface area contributed by atoms with Gasteiger partial charge in [0.2, 0.25) is 0 Å². The number of hydrogen-bond donors (Lipinski definition) is 0. The van der Waals surface area contributed by atoms with Gasteiger partial charge in [-0.1, -0.05) is 0 Å². The number of likely N-dealkylation sites (N-methyl/N-ethyl adjacent to an activating group) is 1. The van der Waals surface area contributed by atoms with E-state index in [1.807, 2.05) is 16.8 Å². The van der Waals surface area contributed by atoms with E-state index >= 15 is 0 Å². The third-order valence-electron chi connectivity index (χ3n) is 5.47. The Labute approximate surface area is 129 Å². The van der Waals surface area contributed by atoms with Gasteiger partial charge in [-0.2, -0.15) is 0 Å². The van der Waals surface area contributed by atoms with Gasteiger partial charge in [0.1, 0.15) is 0 Å². The summed E-state index contributed by atoms with van der Waals surface area (Å²) in [6.45, 7) is 12.6. The first kappa shape index (κ1) is 16.6. The third-order valence-corrected chi connectivity index (χ3v) is 5.47. The van der Waals surface area contributed by atoms with Gasteiger partial charge in [0.25, 0.3) is 0 Å². The van der Waals surface area contributed by atoms with Gasteiger partial charge in [-0.3, -0.25) is 9.80 Å². The minimum atomic E-state index is 0.182. The number of carbonyl (C=O) groups excluding carboxylic acids is 1. The van der Waals surface area contributed by atoms with Crippen molar-refractivity contribution >= 4 is 6.03 Å². The molecule has 2 heterocycles. The van der Waals surface area contributed by atoms with Crippen LogP contribution >= 0.6 is 0 Å². The Balaban J connectivity index is 1.96. The summed E-state index contributed by atoms with van der Waals surface area (Å²) in [5.41, 5.74) is 0.275. The number of hydrogen-bond acceptors (Lipinski definition) is 3. The Kier molecular flexibility index (Phi) is 4.83. The van der Waals surface area contributed by atoms with Crippen molar-refractivity contribution in [2.45, 2.75) is 58.2 Å². The maximum Gasteiger partial charge on any atom is 0.319 e. The van der Waals surface area contributed by atoms with Crippen LogP contribution < -0.4 is 0 Å². The summed E-state index contributed by atoms with van der Waals surface area (Å²) >= 11 is 0. The van der Waals surface area contributed by atoms with Crippen molar-refractivity contribution < 1.29 is 4.79 Å².